The summed E-state index contributed by atoms with van der Waals surface area (Å²) in [5, 5.41) is 28.8. The predicted octanol–water partition coefficient (Wildman–Crippen LogP) is 1.22. The highest BCUT2D eigenvalue weighted by atomic mass is 16.6. The molecular weight excluding hydrogens is 186 g/mol. The monoisotopic (exact) mass is 197 g/mol. The van der Waals surface area contributed by atoms with Crippen LogP contribution in [0.2, 0.25) is 0 Å². The number of aliphatic hydroxyl groups is 1. The maximum absolute atomic E-state index is 10.4. The first-order valence-electron chi connectivity index (χ1n) is 4.15. The summed E-state index contributed by atoms with van der Waals surface area (Å²) in [7, 11) is 0. The first-order chi connectivity index (χ1) is 6.50. The highest BCUT2D eigenvalue weighted by molar-refractivity contribution is 5.43. The topological polar surface area (TPSA) is 83.6 Å². The molecule has 0 radical (unpaired) electrons. The Kier molecular flexibility index (Phi) is 3.03. The Bertz CT molecular complexity index is 349. The normalized spacial score (nSPS) is 12.4. The number of phenols is 1. The van der Waals surface area contributed by atoms with E-state index in [-0.39, 0.29) is 17.9 Å². The average Bonchev–Trinajstić information content (AvgIpc) is 2.07. The van der Waals surface area contributed by atoms with Gasteiger partial charge in [-0.25, -0.2) is 0 Å². The van der Waals surface area contributed by atoms with Crippen molar-refractivity contribution in [1.82, 2.24) is 0 Å². The number of hydrogen-bond acceptors (Lipinski definition) is 4. The molecule has 5 heteroatoms. The zero-order valence-corrected chi connectivity index (χ0v) is 7.67. The van der Waals surface area contributed by atoms with Gasteiger partial charge in [-0.05, 0) is 13.0 Å². The van der Waals surface area contributed by atoms with Crippen molar-refractivity contribution < 1.29 is 15.1 Å². The Hall–Kier alpha value is -1.62. The van der Waals surface area contributed by atoms with Gasteiger partial charge < -0.3 is 10.2 Å². The number of nitrogens with zero attached hydrogens (tertiary/aromatic N) is 1. The van der Waals surface area contributed by atoms with Crippen molar-refractivity contribution in [1.29, 1.82) is 0 Å². The second-order valence-corrected chi connectivity index (χ2v) is 3.12. The lowest BCUT2D eigenvalue weighted by atomic mass is 10.1. The lowest BCUT2D eigenvalue weighted by Crippen LogP contribution is -2.04. The molecule has 0 spiro atoms. The summed E-state index contributed by atoms with van der Waals surface area (Å²) in [5.74, 6) is -0.0310. The van der Waals surface area contributed by atoms with E-state index < -0.39 is 11.0 Å². The van der Waals surface area contributed by atoms with Crippen LogP contribution in [0.15, 0.2) is 18.2 Å². The molecule has 2 N–H and O–H groups in total. The third kappa shape index (κ3) is 2.43. The van der Waals surface area contributed by atoms with Crippen LogP contribution in [0.25, 0.3) is 0 Å². The first kappa shape index (κ1) is 10.5. The number of aromatic hydroxyl groups is 1. The summed E-state index contributed by atoms with van der Waals surface area (Å²) >= 11 is 0. The zero-order chi connectivity index (χ0) is 10.7. The summed E-state index contributed by atoms with van der Waals surface area (Å²) in [5.41, 5.74) is 0.299. The molecule has 5 nitrogen and oxygen atoms in total. The number of benzene rings is 1. The highest BCUT2D eigenvalue weighted by Gasteiger charge is 2.11. The van der Waals surface area contributed by atoms with Crippen molar-refractivity contribution in [3.05, 3.63) is 33.9 Å². The van der Waals surface area contributed by atoms with E-state index in [1.54, 1.807) is 6.92 Å². The number of rotatable bonds is 3. The molecule has 1 aromatic rings. The second kappa shape index (κ2) is 4.06. The number of nitro benzene ring substituents is 1. The highest BCUT2D eigenvalue weighted by Crippen LogP contribution is 2.23. The Balaban J connectivity index is 3.02. The molecule has 0 fully saturated rings. The number of phenolic OH excluding ortho intramolecular Hbond substituents is 1. The third-order valence-electron chi connectivity index (χ3n) is 1.79. The molecule has 1 rings (SSSR count). The fourth-order valence-corrected chi connectivity index (χ4v) is 1.17. The molecule has 0 aliphatic heterocycles. The second-order valence-electron chi connectivity index (χ2n) is 3.12. The maximum atomic E-state index is 10.4. The molecule has 1 unspecified atom stereocenters. The van der Waals surface area contributed by atoms with Gasteiger partial charge >= 0.3 is 0 Å². The SMILES string of the molecule is CC(O)Cc1cc([N+](=O)[O-])ccc1O. The summed E-state index contributed by atoms with van der Waals surface area (Å²) in [6.45, 7) is 1.55. The van der Waals surface area contributed by atoms with Crippen LogP contribution in [0.4, 0.5) is 5.69 Å². The molecular formula is C9H11NO4. The molecule has 0 heterocycles. The smallest absolute Gasteiger partial charge is 0.269 e. The largest absolute Gasteiger partial charge is 0.508 e. The van der Waals surface area contributed by atoms with Crippen LogP contribution in [-0.2, 0) is 6.42 Å². The van der Waals surface area contributed by atoms with E-state index in [2.05, 4.69) is 0 Å². The third-order valence-corrected chi connectivity index (χ3v) is 1.79. The van der Waals surface area contributed by atoms with Gasteiger partial charge in [0, 0.05) is 24.1 Å². The van der Waals surface area contributed by atoms with Crippen LogP contribution >= 0.6 is 0 Å². The van der Waals surface area contributed by atoms with Gasteiger partial charge in [0.2, 0.25) is 0 Å². The van der Waals surface area contributed by atoms with E-state index in [0.29, 0.717) is 5.56 Å². The van der Waals surface area contributed by atoms with Crippen molar-refractivity contribution in [2.24, 2.45) is 0 Å². The number of aliphatic hydroxyl groups excluding tert-OH is 1. The standard InChI is InChI=1S/C9H11NO4/c1-6(11)4-7-5-8(10(13)14)2-3-9(7)12/h2-3,5-6,11-12H,4H2,1H3. The Morgan fingerprint density at radius 1 is 1.57 bits per heavy atom. The summed E-state index contributed by atoms with van der Waals surface area (Å²) < 4.78 is 0. The molecule has 0 aromatic heterocycles. The van der Waals surface area contributed by atoms with Crippen molar-refractivity contribution >= 4 is 5.69 Å². The summed E-state index contributed by atoms with van der Waals surface area (Å²) in [4.78, 5) is 9.87. The van der Waals surface area contributed by atoms with Crippen molar-refractivity contribution in [3.8, 4) is 5.75 Å². The van der Waals surface area contributed by atoms with Gasteiger partial charge in [-0.2, -0.15) is 0 Å². The average molecular weight is 197 g/mol. The van der Waals surface area contributed by atoms with E-state index in [0.717, 1.165) is 0 Å². The molecule has 1 atom stereocenters. The van der Waals surface area contributed by atoms with Gasteiger partial charge in [0.1, 0.15) is 5.75 Å². The first-order valence-corrected chi connectivity index (χ1v) is 4.15. The molecule has 0 saturated heterocycles. The quantitative estimate of drug-likeness (QED) is 0.563. The molecule has 0 saturated carbocycles. The fourth-order valence-electron chi connectivity index (χ4n) is 1.17. The number of hydrogen-bond donors (Lipinski definition) is 2. The Morgan fingerprint density at radius 2 is 2.21 bits per heavy atom. The Morgan fingerprint density at radius 3 is 2.71 bits per heavy atom. The van der Waals surface area contributed by atoms with Gasteiger partial charge in [0.15, 0.2) is 0 Å². The molecule has 1 aromatic carbocycles. The Labute approximate surface area is 80.8 Å². The summed E-state index contributed by atoms with van der Waals surface area (Å²) in [6, 6.07) is 3.75. The van der Waals surface area contributed by atoms with Crippen LogP contribution in [0.3, 0.4) is 0 Å². The number of nitro groups is 1. The summed E-state index contributed by atoms with van der Waals surface area (Å²) in [6.07, 6.45) is -0.434. The fraction of sp³-hybridized carbons (Fsp3) is 0.333. The predicted molar refractivity (Wildman–Crippen MR) is 50.1 cm³/mol. The lowest BCUT2D eigenvalue weighted by molar-refractivity contribution is -0.384. The minimum atomic E-state index is -0.636. The van der Waals surface area contributed by atoms with Gasteiger partial charge in [-0.1, -0.05) is 0 Å². The van der Waals surface area contributed by atoms with E-state index in [4.69, 9.17) is 5.11 Å². The van der Waals surface area contributed by atoms with E-state index in [9.17, 15) is 15.2 Å². The number of non-ortho nitro benzene ring substituents is 1. The molecule has 0 aliphatic rings. The zero-order valence-electron chi connectivity index (χ0n) is 7.67. The maximum Gasteiger partial charge on any atom is 0.269 e. The van der Waals surface area contributed by atoms with Crippen molar-refractivity contribution in [3.63, 3.8) is 0 Å². The minimum Gasteiger partial charge on any atom is -0.508 e. The molecule has 14 heavy (non-hydrogen) atoms. The molecule has 0 bridgehead atoms. The van der Waals surface area contributed by atoms with Gasteiger partial charge in [0.25, 0.3) is 5.69 Å². The van der Waals surface area contributed by atoms with Crippen LogP contribution in [0, 0.1) is 10.1 Å². The van der Waals surface area contributed by atoms with Crippen molar-refractivity contribution in [2.75, 3.05) is 0 Å². The van der Waals surface area contributed by atoms with E-state index in [1.165, 1.54) is 18.2 Å². The molecule has 0 amide bonds. The van der Waals surface area contributed by atoms with Crippen molar-refractivity contribution in [2.45, 2.75) is 19.4 Å². The van der Waals surface area contributed by atoms with E-state index in [1.807, 2.05) is 0 Å². The minimum absolute atomic E-state index is 0.0310. The van der Waals surface area contributed by atoms with Gasteiger partial charge in [-0.3, -0.25) is 10.1 Å². The molecule has 0 aliphatic carbocycles. The molecule has 76 valence electrons. The van der Waals surface area contributed by atoms with Gasteiger partial charge in [-0.15, -0.1) is 0 Å². The van der Waals surface area contributed by atoms with Crippen LogP contribution in [0.1, 0.15) is 12.5 Å². The lowest BCUT2D eigenvalue weighted by Gasteiger charge is -2.06. The van der Waals surface area contributed by atoms with E-state index >= 15 is 0 Å². The van der Waals surface area contributed by atoms with Crippen LogP contribution in [0.5, 0.6) is 5.75 Å². The van der Waals surface area contributed by atoms with Crippen LogP contribution < -0.4 is 0 Å². The van der Waals surface area contributed by atoms with Gasteiger partial charge in [0.05, 0.1) is 11.0 Å². The van der Waals surface area contributed by atoms with Crippen LogP contribution in [-0.4, -0.2) is 21.2 Å².